The average Bonchev–Trinajstić information content (AvgIpc) is 2.87. The summed E-state index contributed by atoms with van der Waals surface area (Å²) in [6, 6.07) is 4.00. The fraction of sp³-hybridized carbons (Fsp3) is 0.267. The molecule has 2 N–H and O–H groups in total. The van der Waals surface area contributed by atoms with Gasteiger partial charge in [0, 0.05) is 29.1 Å². The molecule has 0 saturated heterocycles. The minimum atomic E-state index is -3.37. The number of thiophene rings is 1. The van der Waals surface area contributed by atoms with Gasteiger partial charge in [0.1, 0.15) is 21.7 Å². The lowest BCUT2D eigenvalue weighted by Crippen LogP contribution is -2.30. The Morgan fingerprint density at radius 2 is 2.21 bits per heavy atom. The first-order chi connectivity index (χ1) is 11.2. The third-order valence-electron chi connectivity index (χ3n) is 3.04. The monoisotopic (exact) mass is 366 g/mol. The van der Waals surface area contributed by atoms with Crippen LogP contribution in [0.5, 0.6) is 0 Å². The van der Waals surface area contributed by atoms with Crippen LogP contribution in [0.4, 0.5) is 4.39 Å². The predicted molar refractivity (Wildman–Crippen MR) is 91.2 cm³/mol. The maximum Gasteiger partial charge on any atom is 0.149 e. The van der Waals surface area contributed by atoms with Crippen LogP contribution in [-0.4, -0.2) is 31.2 Å². The quantitative estimate of drug-likeness (QED) is 0.624. The van der Waals surface area contributed by atoms with Gasteiger partial charge in [0.25, 0.3) is 0 Å². The van der Waals surface area contributed by atoms with E-state index in [1.165, 1.54) is 25.4 Å². The lowest BCUT2D eigenvalue weighted by molar-refractivity contribution is 0.572. The number of aromatic nitrogens is 1. The van der Waals surface area contributed by atoms with Crippen LogP contribution in [0.25, 0.3) is 10.4 Å². The summed E-state index contributed by atoms with van der Waals surface area (Å²) >= 11 is 1.07. The fourth-order valence-corrected chi connectivity index (χ4v) is 4.18. The highest BCUT2D eigenvalue weighted by Crippen LogP contribution is 2.34. The zero-order valence-corrected chi connectivity index (χ0v) is 14.6. The first-order valence-electron chi connectivity index (χ1n) is 6.84. The van der Waals surface area contributed by atoms with Crippen LogP contribution in [0.2, 0.25) is 0 Å². The van der Waals surface area contributed by atoms with Gasteiger partial charge in [-0.05, 0) is 19.1 Å². The first kappa shape index (κ1) is 18.0. The maximum atomic E-state index is 14.4. The number of nitrogens with one attached hydrogen (secondary N) is 2. The van der Waals surface area contributed by atoms with Gasteiger partial charge in [-0.15, -0.1) is 11.3 Å². The molecule has 0 saturated carbocycles. The normalized spacial score (nSPS) is 12.4. The molecule has 2 aromatic heterocycles. The van der Waals surface area contributed by atoms with E-state index in [2.05, 4.69) is 10.3 Å². The van der Waals surface area contributed by atoms with Gasteiger partial charge in [-0.2, -0.15) is 5.26 Å². The highest BCUT2D eigenvalue weighted by atomic mass is 32.2. The van der Waals surface area contributed by atoms with E-state index in [4.69, 9.17) is 10.7 Å². The molecular formula is C15H15FN4O2S2. The van der Waals surface area contributed by atoms with Crippen molar-refractivity contribution in [1.29, 1.82) is 10.7 Å². The second kappa shape index (κ2) is 7.07. The number of hydrogen-bond donors (Lipinski definition) is 2. The summed E-state index contributed by atoms with van der Waals surface area (Å²) in [5.74, 6) is -0.831. The summed E-state index contributed by atoms with van der Waals surface area (Å²) in [5, 5.41) is 19.1. The Labute approximate surface area is 143 Å². The van der Waals surface area contributed by atoms with Crippen LogP contribution in [0.1, 0.15) is 23.4 Å². The highest BCUT2D eigenvalue weighted by molar-refractivity contribution is 7.90. The van der Waals surface area contributed by atoms with E-state index in [1.54, 1.807) is 6.07 Å². The molecule has 2 rings (SSSR count). The number of amidine groups is 1. The van der Waals surface area contributed by atoms with Crippen molar-refractivity contribution >= 4 is 27.0 Å². The number of sulfone groups is 1. The van der Waals surface area contributed by atoms with Crippen molar-refractivity contribution in [2.75, 3.05) is 12.0 Å². The number of nitrogens with zero attached hydrogens (tertiary/aromatic N) is 2. The maximum absolute atomic E-state index is 14.4. The molecule has 1 unspecified atom stereocenters. The second-order valence-corrected chi connectivity index (χ2v) is 8.58. The van der Waals surface area contributed by atoms with E-state index in [0.717, 1.165) is 17.6 Å². The van der Waals surface area contributed by atoms with E-state index >= 15 is 0 Å². The first-order valence-corrected chi connectivity index (χ1v) is 9.71. The molecule has 2 aromatic rings. The predicted octanol–water partition coefficient (Wildman–Crippen LogP) is 2.49. The third-order valence-corrected chi connectivity index (χ3v) is 5.25. The molecule has 0 aliphatic rings. The molecule has 0 aromatic carbocycles. The van der Waals surface area contributed by atoms with Crippen molar-refractivity contribution in [3.8, 4) is 16.5 Å². The van der Waals surface area contributed by atoms with Gasteiger partial charge in [-0.25, -0.2) is 12.8 Å². The smallest absolute Gasteiger partial charge is 0.149 e. The van der Waals surface area contributed by atoms with Crippen molar-refractivity contribution < 1.29 is 12.8 Å². The zero-order valence-electron chi connectivity index (χ0n) is 13.0. The van der Waals surface area contributed by atoms with E-state index < -0.39 is 21.7 Å². The summed E-state index contributed by atoms with van der Waals surface area (Å²) in [4.78, 5) is 4.68. The standard InChI is InChI=1S/C15H15FN4O2S2/c1-9(18)20-13(8-24(2,21)22)15-12(16)4-14(23-15)11-3-10(5-17)6-19-7-11/h3-4,6-7,13H,8H2,1-2H3,(H2,18,20). The molecule has 0 amide bonds. The van der Waals surface area contributed by atoms with Gasteiger partial charge in [0.05, 0.1) is 28.1 Å². The minimum Gasteiger partial charge on any atom is -0.365 e. The molecule has 24 heavy (non-hydrogen) atoms. The number of rotatable bonds is 5. The average molecular weight is 366 g/mol. The molecule has 0 spiro atoms. The van der Waals surface area contributed by atoms with Gasteiger partial charge in [-0.1, -0.05) is 0 Å². The molecule has 0 radical (unpaired) electrons. The summed E-state index contributed by atoms with van der Waals surface area (Å²) in [7, 11) is -3.37. The topological polar surface area (TPSA) is 107 Å². The Morgan fingerprint density at radius 1 is 1.50 bits per heavy atom. The molecular weight excluding hydrogens is 351 g/mol. The molecule has 9 heteroatoms. The summed E-state index contributed by atoms with van der Waals surface area (Å²) < 4.78 is 37.6. The Morgan fingerprint density at radius 3 is 2.79 bits per heavy atom. The molecule has 1 atom stereocenters. The van der Waals surface area contributed by atoms with Crippen molar-refractivity contribution in [3.05, 3.63) is 40.8 Å². The zero-order chi connectivity index (χ0) is 17.9. The molecule has 2 heterocycles. The SMILES string of the molecule is CC(=N)NC(CS(C)(=O)=O)c1sc(-c2cncc(C#N)c2)cc1F. The van der Waals surface area contributed by atoms with Crippen LogP contribution in [0, 0.1) is 22.6 Å². The van der Waals surface area contributed by atoms with E-state index in [0.29, 0.717) is 16.0 Å². The third kappa shape index (κ3) is 4.59. The Bertz CT molecular complexity index is 916. The van der Waals surface area contributed by atoms with Gasteiger partial charge < -0.3 is 5.32 Å². The molecule has 6 nitrogen and oxygen atoms in total. The number of hydrogen-bond acceptors (Lipinski definition) is 6. The highest BCUT2D eigenvalue weighted by Gasteiger charge is 2.24. The van der Waals surface area contributed by atoms with Crippen molar-refractivity contribution in [2.45, 2.75) is 13.0 Å². The van der Waals surface area contributed by atoms with Crippen molar-refractivity contribution in [2.24, 2.45) is 0 Å². The largest absolute Gasteiger partial charge is 0.365 e. The summed E-state index contributed by atoms with van der Waals surface area (Å²) in [6.45, 7) is 1.46. The van der Waals surface area contributed by atoms with Gasteiger partial charge in [0.2, 0.25) is 0 Å². The summed E-state index contributed by atoms with van der Waals surface area (Å²) in [6.07, 6.45) is 3.98. The van der Waals surface area contributed by atoms with Crippen LogP contribution in [0.3, 0.4) is 0 Å². The Hall–Kier alpha value is -2.31. The molecule has 0 aliphatic carbocycles. The fourth-order valence-electron chi connectivity index (χ4n) is 2.15. The van der Waals surface area contributed by atoms with E-state index in [-0.39, 0.29) is 16.5 Å². The Balaban J connectivity index is 2.44. The molecule has 0 bridgehead atoms. The second-order valence-electron chi connectivity index (χ2n) is 5.31. The molecule has 126 valence electrons. The number of pyridine rings is 1. The lowest BCUT2D eigenvalue weighted by Gasteiger charge is -2.16. The molecule has 0 aliphatic heterocycles. The van der Waals surface area contributed by atoms with Gasteiger partial charge >= 0.3 is 0 Å². The minimum absolute atomic E-state index is 0.0474. The van der Waals surface area contributed by atoms with Gasteiger partial charge in [0.15, 0.2) is 0 Å². The lowest BCUT2D eigenvalue weighted by atomic mass is 10.2. The van der Waals surface area contributed by atoms with Crippen LogP contribution < -0.4 is 5.32 Å². The van der Waals surface area contributed by atoms with Crippen molar-refractivity contribution in [3.63, 3.8) is 0 Å². The molecule has 0 fully saturated rings. The van der Waals surface area contributed by atoms with E-state index in [9.17, 15) is 12.8 Å². The van der Waals surface area contributed by atoms with Crippen LogP contribution in [0.15, 0.2) is 24.5 Å². The summed E-state index contributed by atoms with van der Waals surface area (Å²) in [5.41, 5.74) is 0.929. The number of halogens is 1. The van der Waals surface area contributed by atoms with Crippen molar-refractivity contribution in [1.82, 2.24) is 10.3 Å². The van der Waals surface area contributed by atoms with Crippen LogP contribution in [-0.2, 0) is 9.84 Å². The van der Waals surface area contributed by atoms with E-state index in [1.807, 2.05) is 6.07 Å². The Kier molecular flexibility index (Phi) is 5.31. The number of nitriles is 1. The van der Waals surface area contributed by atoms with Crippen LogP contribution >= 0.6 is 11.3 Å². The van der Waals surface area contributed by atoms with Gasteiger partial charge in [-0.3, -0.25) is 10.4 Å².